The molecule has 0 radical (unpaired) electrons. The molecule has 1 N–H and O–H groups in total. The monoisotopic (exact) mass is 425 g/mol. The lowest BCUT2D eigenvalue weighted by Crippen LogP contribution is -2.19. The molecule has 158 valence electrons. The number of nitrogens with zero attached hydrogens (tertiary/aromatic N) is 4. The molecular formula is C22H27N5O2S. The number of aromatic nitrogens is 3. The molecule has 0 saturated carbocycles. The van der Waals surface area contributed by atoms with E-state index in [0.717, 1.165) is 40.4 Å². The lowest BCUT2D eigenvalue weighted by Gasteiger charge is -2.13. The lowest BCUT2D eigenvalue weighted by molar-refractivity contribution is -0.113. The Bertz CT molecular complexity index is 1090. The number of hydrogen-bond acceptors (Lipinski definition) is 5. The van der Waals surface area contributed by atoms with Crippen LogP contribution in [0.2, 0.25) is 0 Å². The number of para-hydroxylation sites is 2. The average Bonchev–Trinajstić information content (AvgIpc) is 3.22. The third-order valence-corrected chi connectivity index (χ3v) is 6.17. The van der Waals surface area contributed by atoms with E-state index in [9.17, 15) is 10.1 Å². The van der Waals surface area contributed by atoms with Crippen molar-refractivity contribution in [1.29, 1.82) is 5.26 Å². The molecule has 0 aliphatic rings. The number of benzene rings is 1. The molecule has 0 bridgehead atoms. The summed E-state index contributed by atoms with van der Waals surface area (Å²) in [5, 5.41) is 13.4. The molecule has 2 aromatic heterocycles. The average molecular weight is 426 g/mol. The zero-order valence-electron chi connectivity index (χ0n) is 17.9. The summed E-state index contributed by atoms with van der Waals surface area (Å²) in [4.78, 5) is 17.4. The first-order chi connectivity index (χ1) is 14.5. The van der Waals surface area contributed by atoms with Crippen molar-refractivity contribution in [3.05, 3.63) is 41.1 Å². The van der Waals surface area contributed by atoms with Crippen molar-refractivity contribution >= 4 is 34.5 Å². The zero-order valence-corrected chi connectivity index (χ0v) is 18.7. The SMILES string of the molecule is CCn1c(SCC(=O)Nc2c(C#N)c(C)c(C)n2CCCOC)nc2ccccc21. The molecule has 0 aliphatic heterocycles. The van der Waals surface area contributed by atoms with Gasteiger partial charge in [-0.3, -0.25) is 4.79 Å². The number of carbonyl (C=O) groups excluding carboxylic acids is 1. The van der Waals surface area contributed by atoms with Gasteiger partial charge in [-0.2, -0.15) is 5.26 Å². The molecule has 3 aromatic rings. The molecule has 0 spiro atoms. The number of thioether (sulfide) groups is 1. The predicted octanol–water partition coefficient (Wildman–Crippen LogP) is 4.11. The van der Waals surface area contributed by atoms with Crippen LogP contribution in [-0.4, -0.2) is 39.5 Å². The molecule has 1 aromatic carbocycles. The number of hydrogen-bond donors (Lipinski definition) is 1. The second kappa shape index (κ2) is 9.83. The minimum atomic E-state index is -0.156. The largest absolute Gasteiger partial charge is 0.385 e. The first-order valence-electron chi connectivity index (χ1n) is 9.98. The van der Waals surface area contributed by atoms with Gasteiger partial charge >= 0.3 is 0 Å². The smallest absolute Gasteiger partial charge is 0.235 e. The van der Waals surface area contributed by atoms with E-state index in [1.165, 1.54) is 11.8 Å². The van der Waals surface area contributed by atoms with Crippen molar-refractivity contribution in [2.24, 2.45) is 0 Å². The van der Waals surface area contributed by atoms with Crippen LogP contribution in [0.3, 0.4) is 0 Å². The van der Waals surface area contributed by atoms with Gasteiger partial charge in [0.05, 0.1) is 22.3 Å². The number of ether oxygens (including phenoxy) is 1. The van der Waals surface area contributed by atoms with E-state index in [1.807, 2.05) is 42.7 Å². The van der Waals surface area contributed by atoms with E-state index < -0.39 is 0 Å². The lowest BCUT2D eigenvalue weighted by atomic mass is 10.2. The van der Waals surface area contributed by atoms with Crippen LogP contribution >= 0.6 is 11.8 Å². The van der Waals surface area contributed by atoms with E-state index in [1.54, 1.807) is 7.11 Å². The van der Waals surface area contributed by atoms with Gasteiger partial charge in [0.25, 0.3) is 0 Å². The third kappa shape index (κ3) is 4.37. The fourth-order valence-corrected chi connectivity index (χ4v) is 4.42. The number of rotatable bonds is 9. The molecule has 0 aliphatic carbocycles. The minimum Gasteiger partial charge on any atom is -0.385 e. The number of imidazole rings is 1. The first kappa shape index (κ1) is 21.9. The Labute approximate surface area is 181 Å². The van der Waals surface area contributed by atoms with Crippen molar-refractivity contribution < 1.29 is 9.53 Å². The summed E-state index contributed by atoms with van der Waals surface area (Å²) in [5.41, 5.74) is 4.38. The van der Waals surface area contributed by atoms with Crippen LogP contribution in [0, 0.1) is 25.2 Å². The minimum absolute atomic E-state index is 0.156. The number of nitrogens with one attached hydrogen (secondary N) is 1. The van der Waals surface area contributed by atoms with Crippen LogP contribution in [-0.2, 0) is 22.6 Å². The normalized spacial score (nSPS) is 11.0. The first-order valence-corrected chi connectivity index (χ1v) is 11.0. The maximum Gasteiger partial charge on any atom is 0.235 e. The van der Waals surface area contributed by atoms with Crippen LogP contribution in [0.25, 0.3) is 11.0 Å². The molecule has 8 heteroatoms. The molecule has 0 saturated heterocycles. The fraction of sp³-hybridized carbons (Fsp3) is 0.409. The molecule has 1 amide bonds. The van der Waals surface area contributed by atoms with Crippen molar-refractivity contribution in [3.8, 4) is 6.07 Å². The number of nitriles is 1. The van der Waals surface area contributed by atoms with Crippen molar-refractivity contribution in [2.75, 3.05) is 24.8 Å². The van der Waals surface area contributed by atoms with Crippen LogP contribution < -0.4 is 5.32 Å². The molecule has 0 unspecified atom stereocenters. The highest BCUT2D eigenvalue weighted by molar-refractivity contribution is 7.99. The summed E-state index contributed by atoms with van der Waals surface area (Å²) >= 11 is 1.40. The van der Waals surface area contributed by atoms with Gasteiger partial charge in [-0.1, -0.05) is 23.9 Å². The number of carbonyl (C=O) groups is 1. The summed E-state index contributed by atoms with van der Waals surface area (Å²) in [6.45, 7) is 8.02. The Morgan fingerprint density at radius 3 is 2.77 bits per heavy atom. The summed E-state index contributed by atoms with van der Waals surface area (Å²) in [6, 6.07) is 10.2. The van der Waals surface area contributed by atoms with Gasteiger partial charge in [0, 0.05) is 32.5 Å². The van der Waals surface area contributed by atoms with Gasteiger partial charge < -0.3 is 19.2 Å². The van der Waals surface area contributed by atoms with Crippen LogP contribution in [0.4, 0.5) is 5.82 Å². The summed E-state index contributed by atoms with van der Waals surface area (Å²) in [7, 11) is 1.66. The Balaban J connectivity index is 1.77. The molecule has 3 rings (SSSR count). The predicted molar refractivity (Wildman–Crippen MR) is 120 cm³/mol. The van der Waals surface area contributed by atoms with Gasteiger partial charge in [-0.25, -0.2) is 4.98 Å². The standard InChI is InChI=1S/C22H27N5O2S/c1-5-26-19-10-7-6-9-18(19)24-22(26)30-14-20(28)25-21-17(13-23)15(2)16(3)27(21)11-8-12-29-4/h6-7,9-10H,5,8,11-12,14H2,1-4H3,(H,25,28). The number of methoxy groups -OCH3 is 1. The summed E-state index contributed by atoms with van der Waals surface area (Å²) in [6.07, 6.45) is 0.800. The Hall–Kier alpha value is -2.76. The van der Waals surface area contributed by atoms with Gasteiger partial charge in [-0.15, -0.1) is 0 Å². The maximum atomic E-state index is 12.8. The van der Waals surface area contributed by atoms with E-state index in [-0.39, 0.29) is 11.7 Å². The second-order valence-corrected chi connectivity index (χ2v) is 7.95. The van der Waals surface area contributed by atoms with Crippen LogP contribution in [0.15, 0.2) is 29.4 Å². The zero-order chi connectivity index (χ0) is 21.7. The van der Waals surface area contributed by atoms with E-state index >= 15 is 0 Å². The Morgan fingerprint density at radius 2 is 2.07 bits per heavy atom. The van der Waals surface area contributed by atoms with Crippen molar-refractivity contribution in [1.82, 2.24) is 14.1 Å². The van der Waals surface area contributed by atoms with Gasteiger partial charge in [-0.05, 0) is 44.9 Å². The summed E-state index contributed by atoms with van der Waals surface area (Å²) < 4.78 is 9.25. The summed E-state index contributed by atoms with van der Waals surface area (Å²) in [5.74, 6) is 0.630. The van der Waals surface area contributed by atoms with Gasteiger partial charge in [0.2, 0.25) is 5.91 Å². The Kier molecular flexibility index (Phi) is 7.19. The molecule has 30 heavy (non-hydrogen) atoms. The second-order valence-electron chi connectivity index (χ2n) is 7.01. The maximum absolute atomic E-state index is 12.8. The van der Waals surface area contributed by atoms with Gasteiger partial charge in [0.1, 0.15) is 11.9 Å². The molecule has 0 atom stereocenters. The highest BCUT2D eigenvalue weighted by Crippen LogP contribution is 2.28. The van der Waals surface area contributed by atoms with Crippen LogP contribution in [0.1, 0.15) is 30.2 Å². The van der Waals surface area contributed by atoms with Crippen LogP contribution in [0.5, 0.6) is 0 Å². The number of anilines is 1. The molecular weight excluding hydrogens is 398 g/mol. The topological polar surface area (TPSA) is 84.9 Å². The number of aryl methyl sites for hydroxylation is 1. The number of fused-ring (bicyclic) bond motifs is 1. The highest BCUT2D eigenvalue weighted by atomic mass is 32.2. The van der Waals surface area contributed by atoms with E-state index in [0.29, 0.717) is 24.5 Å². The molecule has 2 heterocycles. The van der Waals surface area contributed by atoms with Gasteiger partial charge in [0.15, 0.2) is 5.16 Å². The van der Waals surface area contributed by atoms with Crippen molar-refractivity contribution in [2.45, 2.75) is 45.4 Å². The van der Waals surface area contributed by atoms with E-state index in [2.05, 4.69) is 27.9 Å². The van der Waals surface area contributed by atoms with Crippen molar-refractivity contribution in [3.63, 3.8) is 0 Å². The quantitative estimate of drug-likeness (QED) is 0.412. The van der Waals surface area contributed by atoms with E-state index in [4.69, 9.17) is 4.74 Å². The third-order valence-electron chi connectivity index (χ3n) is 5.20. The molecule has 7 nitrogen and oxygen atoms in total. The Morgan fingerprint density at radius 1 is 1.30 bits per heavy atom. The molecule has 0 fully saturated rings. The highest BCUT2D eigenvalue weighted by Gasteiger charge is 2.20. The number of amides is 1. The fourth-order valence-electron chi connectivity index (χ4n) is 3.54.